The van der Waals surface area contributed by atoms with Crippen molar-refractivity contribution < 1.29 is 4.79 Å². The van der Waals surface area contributed by atoms with Gasteiger partial charge in [0.2, 0.25) is 0 Å². The third kappa shape index (κ3) is 2.02. The van der Waals surface area contributed by atoms with E-state index in [1.165, 1.54) is 44.3 Å². The van der Waals surface area contributed by atoms with Crippen LogP contribution in [0.5, 0.6) is 0 Å². The third-order valence-electron chi connectivity index (χ3n) is 4.24. The lowest BCUT2D eigenvalue weighted by Gasteiger charge is -2.24. The molecule has 1 aliphatic heterocycles. The summed E-state index contributed by atoms with van der Waals surface area (Å²) in [7, 11) is 0. The van der Waals surface area contributed by atoms with Crippen molar-refractivity contribution in [2.75, 3.05) is 19.6 Å². The van der Waals surface area contributed by atoms with Crippen LogP contribution >= 0.6 is 0 Å². The molecular weight excluding hydrogens is 210 g/mol. The van der Waals surface area contributed by atoms with Crippen LogP contribution in [0.1, 0.15) is 41.6 Å². The van der Waals surface area contributed by atoms with Gasteiger partial charge in [0.05, 0.1) is 0 Å². The molecule has 1 saturated heterocycles. The van der Waals surface area contributed by atoms with E-state index in [1.54, 1.807) is 0 Å². The molecule has 0 aromatic heterocycles. The van der Waals surface area contributed by atoms with E-state index in [2.05, 4.69) is 17.0 Å². The maximum absolute atomic E-state index is 11.1. The normalized spacial score (nSPS) is 22.6. The molecule has 2 fully saturated rings. The van der Waals surface area contributed by atoms with Crippen LogP contribution in [0.4, 0.5) is 0 Å². The van der Waals surface area contributed by atoms with Gasteiger partial charge in [-0.2, -0.15) is 0 Å². The van der Waals surface area contributed by atoms with Gasteiger partial charge in [-0.05, 0) is 44.3 Å². The molecular formula is C15H19NO. The van der Waals surface area contributed by atoms with Gasteiger partial charge >= 0.3 is 0 Å². The minimum Gasteiger partial charge on any atom is -0.302 e. The van der Waals surface area contributed by atoms with E-state index in [9.17, 15) is 4.79 Å². The molecule has 90 valence electrons. The molecule has 0 spiro atoms. The number of hydrogen-bond acceptors (Lipinski definition) is 2. The molecule has 0 N–H and O–H groups in total. The minimum atomic E-state index is 0.293. The van der Waals surface area contributed by atoms with Gasteiger partial charge in [-0.1, -0.05) is 24.3 Å². The topological polar surface area (TPSA) is 20.3 Å². The van der Waals surface area contributed by atoms with Crippen molar-refractivity contribution in [1.29, 1.82) is 0 Å². The number of carbonyl (C=O) groups excluding carboxylic acids is 1. The van der Waals surface area contributed by atoms with Crippen LogP contribution in [-0.4, -0.2) is 30.8 Å². The number of hydrogen-bond donors (Lipinski definition) is 0. The second-order valence-electron chi connectivity index (χ2n) is 5.47. The molecule has 17 heavy (non-hydrogen) atoms. The van der Waals surface area contributed by atoms with E-state index in [0.717, 1.165) is 18.4 Å². The quantitative estimate of drug-likeness (QED) is 0.740. The predicted molar refractivity (Wildman–Crippen MR) is 68.4 cm³/mol. The number of nitrogens with zero attached hydrogens (tertiary/aromatic N) is 1. The van der Waals surface area contributed by atoms with Crippen LogP contribution in [0.2, 0.25) is 0 Å². The second-order valence-corrected chi connectivity index (χ2v) is 5.47. The summed E-state index contributed by atoms with van der Waals surface area (Å²) in [5.74, 6) is 0. The van der Waals surface area contributed by atoms with Gasteiger partial charge in [-0.3, -0.25) is 4.79 Å². The highest BCUT2D eigenvalue weighted by Crippen LogP contribution is 2.49. The zero-order valence-electron chi connectivity index (χ0n) is 10.2. The van der Waals surface area contributed by atoms with E-state index in [1.807, 2.05) is 12.1 Å². The molecule has 2 aliphatic rings. The van der Waals surface area contributed by atoms with Crippen LogP contribution in [0, 0.1) is 0 Å². The summed E-state index contributed by atoms with van der Waals surface area (Å²) >= 11 is 0. The van der Waals surface area contributed by atoms with E-state index in [4.69, 9.17) is 0 Å². The SMILES string of the molecule is O=Cc1ccccc1C1(CN2CCCC2)CC1. The number of carbonyl (C=O) groups is 1. The lowest BCUT2D eigenvalue weighted by Crippen LogP contribution is -2.30. The molecule has 2 heteroatoms. The summed E-state index contributed by atoms with van der Waals surface area (Å²) in [5.41, 5.74) is 2.47. The Balaban J connectivity index is 1.84. The van der Waals surface area contributed by atoms with Crippen LogP contribution < -0.4 is 0 Å². The van der Waals surface area contributed by atoms with Crippen molar-refractivity contribution in [3.8, 4) is 0 Å². The first kappa shape index (κ1) is 11.0. The number of benzene rings is 1. The van der Waals surface area contributed by atoms with Gasteiger partial charge in [0.15, 0.2) is 0 Å². The fourth-order valence-electron chi connectivity index (χ4n) is 3.12. The molecule has 1 aliphatic carbocycles. The summed E-state index contributed by atoms with van der Waals surface area (Å²) in [6, 6.07) is 8.12. The third-order valence-corrected chi connectivity index (χ3v) is 4.24. The Kier molecular flexibility index (Phi) is 2.75. The highest BCUT2D eigenvalue weighted by atomic mass is 16.1. The van der Waals surface area contributed by atoms with Crippen molar-refractivity contribution in [3.05, 3.63) is 35.4 Å². The van der Waals surface area contributed by atoms with Crippen molar-refractivity contribution in [2.45, 2.75) is 31.1 Å². The molecule has 1 heterocycles. The first-order chi connectivity index (χ1) is 8.34. The maximum Gasteiger partial charge on any atom is 0.150 e. The lowest BCUT2D eigenvalue weighted by molar-refractivity contribution is 0.112. The van der Waals surface area contributed by atoms with Crippen LogP contribution in [0.15, 0.2) is 24.3 Å². The number of aldehydes is 1. The Morgan fingerprint density at radius 2 is 1.88 bits per heavy atom. The van der Waals surface area contributed by atoms with E-state index in [0.29, 0.717) is 5.41 Å². The highest BCUT2D eigenvalue weighted by Gasteiger charge is 2.46. The Bertz CT molecular complexity index is 417. The summed E-state index contributed by atoms with van der Waals surface area (Å²) in [6.07, 6.45) is 6.18. The Morgan fingerprint density at radius 1 is 1.18 bits per heavy atom. The number of likely N-dealkylation sites (tertiary alicyclic amines) is 1. The van der Waals surface area contributed by atoms with Crippen molar-refractivity contribution >= 4 is 6.29 Å². The highest BCUT2D eigenvalue weighted by molar-refractivity contribution is 5.78. The standard InChI is InChI=1S/C15H19NO/c17-11-13-5-1-2-6-14(13)15(7-8-15)12-16-9-3-4-10-16/h1-2,5-6,11H,3-4,7-10,12H2. The minimum absolute atomic E-state index is 0.293. The monoisotopic (exact) mass is 229 g/mol. The zero-order valence-corrected chi connectivity index (χ0v) is 10.2. The van der Waals surface area contributed by atoms with E-state index < -0.39 is 0 Å². The Morgan fingerprint density at radius 3 is 2.53 bits per heavy atom. The van der Waals surface area contributed by atoms with E-state index in [-0.39, 0.29) is 0 Å². The maximum atomic E-state index is 11.1. The van der Waals surface area contributed by atoms with Gasteiger partial charge in [0.1, 0.15) is 6.29 Å². The molecule has 1 aromatic carbocycles. The smallest absolute Gasteiger partial charge is 0.150 e. The first-order valence-corrected chi connectivity index (χ1v) is 6.61. The fourth-order valence-corrected chi connectivity index (χ4v) is 3.12. The molecule has 0 bridgehead atoms. The first-order valence-electron chi connectivity index (χ1n) is 6.61. The Hall–Kier alpha value is -1.15. The molecule has 3 rings (SSSR count). The fraction of sp³-hybridized carbons (Fsp3) is 0.533. The molecule has 0 radical (unpaired) electrons. The van der Waals surface area contributed by atoms with Gasteiger partial charge in [-0.25, -0.2) is 0 Å². The summed E-state index contributed by atoms with van der Waals surface area (Å²) in [5, 5.41) is 0. The molecule has 1 aromatic rings. The van der Waals surface area contributed by atoms with Crippen molar-refractivity contribution in [3.63, 3.8) is 0 Å². The van der Waals surface area contributed by atoms with Crippen molar-refractivity contribution in [2.24, 2.45) is 0 Å². The molecule has 0 atom stereocenters. The molecule has 2 nitrogen and oxygen atoms in total. The Labute approximate surface area is 103 Å². The summed E-state index contributed by atoms with van der Waals surface area (Å²) < 4.78 is 0. The lowest BCUT2D eigenvalue weighted by atomic mass is 9.91. The summed E-state index contributed by atoms with van der Waals surface area (Å²) in [4.78, 5) is 13.7. The van der Waals surface area contributed by atoms with Crippen LogP contribution in [0.25, 0.3) is 0 Å². The van der Waals surface area contributed by atoms with Crippen LogP contribution in [-0.2, 0) is 5.41 Å². The van der Waals surface area contributed by atoms with Crippen molar-refractivity contribution in [1.82, 2.24) is 4.90 Å². The largest absolute Gasteiger partial charge is 0.302 e. The molecule has 0 amide bonds. The van der Waals surface area contributed by atoms with Gasteiger partial charge in [-0.15, -0.1) is 0 Å². The van der Waals surface area contributed by atoms with E-state index >= 15 is 0 Å². The average Bonchev–Trinajstić information content (AvgIpc) is 2.96. The average molecular weight is 229 g/mol. The van der Waals surface area contributed by atoms with Gasteiger partial charge in [0, 0.05) is 17.5 Å². The zero-order chi connectivity index (χ0) is 11.7. The summed E-state index contributed by atoms with van der Waals surface area (Å²) in [6.45, 7) is 3.63. The predicted octanol–water partition coefficient (Wildman–Crippen LogP) is 2.63. The van der Waals surface area contributed by atoms with Crippen LogP contribution in [0.3, 0.4) is 0 Å². The number of rotatable bonds is 4. The molecule has 1 saturated carbocycles. The van der Waals surface area contributed by atoms with Gasteiger partial charge < -0.3 is 4.90 Å². The van der Waals surface area contributed by atoms with Gasteiger partial charge in [0.25, 0.3) is 0 Å². The second kappa shape index (κ2) is 4.26. The molecule has 0 unspecified atom stereocenters.